The van der Waals surface area contributed by atoms with Crippen LogP contribution < -0.4 is 5.73 Å². The average molecular weight is 231 g/mol. The Kier molecular flexibility index (Phi) is 3.48. The molecule has 0 atom stereocenters. The Morgan fingerprint density at radius 1 is 1.35 bits per heavy atom. The maximum atomic E-state index is 5.67. The number of hydrogen-bond acceptors (Lipinski definition) is 2. The van der Waals surface area contributed by atoms with Crippen LogP contribution in [-0.4, -0.2) is 9.55 Å². The minimum Gasteiger partial charge on any atom is -0.326 e. The Morgan fingerprint density at radius 2 is 2.12 bits per heavy atom. The van der Waals surface area contributed by atoms with E-state index in [4.69, 9.17) is 10.7 Å². The van der Waals surface area contributed by atoms with Gasteiger partial charge in [-0.05, 0) is 38.0 Å². The predicted octanol–water partition coefficient (Wildman–Crippen LogP) is 3.03. The van der Waals surface area contributed by atoms with Crippen LogP contribution in [0.2, 0.25) is 0 Å². The lowest BCUT2D eigenvalue weighted by Crippen LogP contribution is -2.06. The summed E-state index contributed by atoms with van der Waals surface area (Å²) >= 11 is 0. The molecule has 17 heavy (non-hydrogen) atoms. The van der Waals surface area contributed by atoms with Crippen molar-refractivity contribution in [2.24, 2.45) is 5.73 Å². The fourth-order valence-electron chi connectivity index (χ4n) is 2.30. The van der Waals surface area contributed by atoms with E-state index < -0.39 is 0 Å². The first-order valence-corrected chi connectivity index (χ1v) is 6.37. The first kappa shape index (κ1) is 12.1. The predicted molar refractivity (Wildman–Crippen MR) is 72.0 cm³/mol. The zero-order valence-corrected chi connectivity index (χ0v) is 10.9. The molecule has 3 heteroatoms. The Morgan fingerprint density at radius 3 is 2.71 bits per heavy atom. The molecule has 0 saturated heterocycles. The summed E-state index contributed by atoms with van der Waals surface area (Å²) in [7, 11) is 0. The van der Waals surface area contributed by atoms with Crippen LogP contribution in [0.5, 0.6) is 0 Å². The molecule has 0 bridgehead atoms. The molecule has 0 amide bonds. The van der Waals surface area contributed by atoms with Gasteiger partial charge in [-0.1, -0.05) is 13.0 Å². The number of rotatable bonds is 4. The zero-order valence-electron chi connectivity index (χ0n) is 10.9. The number of benzene rings is 1. The maximum absolute atomic E-state index is 5.67. The van der Waals surface area contributed by atoms with E-state index >= 15 is 0 Å². The van der Waals surface area contributed by atoms with Crippen molar-refractivity contribution < 1.29 is 0 Å². The fraction of sp³-hybridized carbons (Fsp3) is 0.500. The van der Waals surface area contributed by atoms with Gasteiger partial charge >= 0.3 is 0 Å². The van der Waals surface area contributed by atoms with Crippen LogP contribution in [0.15, 0.2) is 18.2 Å². The lowest BCUT2D eigenvalue weighted by Gasteiger charge is -2.12. The highest BCUT2D eigenvalue weighted by Crippen LogP contribution is 2.22. The molecule has 0 unspecified atom stereocenters. The molecule has 92 valence electrons. The summed E-state index contributed by atoms with van der Waals surface area (Å²) in [6, 6.07) is 6.79. The van der Waals surface area contributed by atoms with Crippen molar-refractivity contribution >= 4 is 11.0 Å². The molecule has 2 aromatic rings. The topological polar surface area (TPSA) is 43.8 Å². The normalized spacial score (nSPS) is 11.6. The standard InChI is InChI=1S/C14H21N3/c1-4-5-14-16-12-8-11(9-15)6-7-13(12)17(14)10(2)3/h6-8,10H,4-5,9,15H2,1-3H3. The molecule has 0 spiro atoms. The van der Waals surface area contributed by atoms with Gasteiger partial charge in [0, 0.05) is 19.0 Å². The summed E-state index contributed by atoms with van der Waals surface area (Å²) in [5.74, 6) is 1.19. The van der Waals surface area contributed by atoms with Gasteiger partial charge in [-0.15, -0.1) is 0 Å². The maximum Gasteiger partial charge on any atom is 0.110 e. The second-order valence-corrected chi connectivity index (χ2v) is 4.77. The van der Waals surface area contributed by atoms with Gasteiger partial charge < -0.3 is 10.3 Å². The van der Waals surface area contributed by atoms with Crippen LogP contribution in [-0.2, 0) is 13.0 Å². The van der Waals surface area contributed by atoms with E-state index in [-0.39, 0.29) is 0 Å². The van der Waals surface area contributed by atoms with Crippen molar-refractivity contribution in [2.75, 3.05) is 0 Å². The van der Waals surface area contributed by atoms with E-state index in [0.717, 1.165) is 23.9 Å². The lowest BCUT2D eigenvalue weighted by molar-refractivity contribution is 0.580. The van der Waals surface area contributed by atoms with Gasteiger partial charge in [-0.25, -0.2) is 4.98 Å². The highest BCUT2D eigenvalue weighted by molar-refractivity contribution is 5.77. The van der Waals surface area contributed by atoms with E-state index in [9.17, 15) is 0 Å². The summed E-state index contributed by atoms with van der Waals surface area (Å²) in [5, 5.41) is 0. The highest BCUT2D eigenvalue weighted by Gasteiger charge is 2.12. The molecular formula is C14H21N3. The van der Waals surface area contributed by atoms with Gasteiger partial charge in [0.15, 0.2) is 0 Å². The molecule has 0 radical (unpaired) electrons. The number of aryl methyl sites for hydroxylation is 1. The van der Waals surface area contributed by atoms with E-state index in [0.29, 0.717) is 12.6 Å². The summed E-state index contributed by atoms with van der Waals surface area (Å²) < 4.78 is 2.33. The second kappa shape index (κ2) is 4.88. The van der Waals surface area contributed by atoms with Crippen molar-refractivity contribution in [1.29, 1.82) is 0 Å². The second-order valence-electron chi connectivity index (χ2n) is 4.77. The quantitative estimate of drug-likeness (QED) is 0.879. The third-order valence-electron chi connectivity index (χ3n) is 3.05. The largest absolute Gasteiger partial charge is 0.326 e. The fourth-order valence-corrected chi connectivity index (χ4v) is 2.30. The van der Waals surface area contributed by atoms with Crippen molar-refractivity contribution in [1.82, 2.24) is 9.55 Å². The summed E-state index contributed by atoms with van der Waals surface area (Å²) in [5.41, 5.74) is 9.11. The molecule has 0 saturated carbocycles. The number of fused-ring (bicyclic) bond motifs is 1. The SMILES string of the molecule is CCCc1nc2cc(CN)ccc2n1C(C)C. The number of aromatic nitrogens is 2. The molecule has 0 fully saturated rings. The molecule has 2 rings (SSSR count). The van der Waals surface area contributed by atoms with E-state index in [1.807, 2.05) is 0 Å². The molecule has 0 aliphatic heterocycles. The van der Waals surface area contributed by atoms with Gasteiger partial charge in [0.2, 0.25) is 0 Å². The molecule has 3 nitrogen and oxygen atoms in total. The van der Waals surface area contributed by atoms with Crippen molar-refractivity contribution in [3.63, 3.8) is 0 Å². The van der Waals surface area contributed by atoms with Crippen molar-refractivity contribution in [2.45, 2.75) is 46.2 Å². The summed E-state index contributed by atoms with van der Waals surface area (Å²) in [4.78, 5) is 4.74. The number of nitrogens with two attached hydrogens (primary N) is 1. The lowest BCUT2D eigenvalue weighted by atomic mass is 10.2. The van der Waals surface area contributed by atoms with Crippen molar-refractivity contribution in [3.05, 3.63) is 29.6 Å². The molecule has 1 heterocycles. The third kappa shape index (κ3) is 2.20. The van der Waals surface area contributed by atoms with E-state index in [1.54, 1.807) is 0 Å². The van der Waals surface area contributed by atoms with Gasteiger partial charge in [0.05, 0.1) is 11.0 Å². The molecule has 0 aliphatic carbocycles. The van der Waals surface area contributed by atoms with Gasteiger partial charge in [-0.2, -0.15) is 0 Å². The molecule has 0 aliphatic rings. The number of nitrogens with zero attached hydrogens (tertiary/aromatic N) is 2. The Bertz CT molecular complexity index is 511. The van der Waals surface area contributed by atoms with Crippen LogP contribution in [0, 0.1) is 0 Å². The van der Waals surface area contributed by atoms with Crippen LogP contribution in [0.3, 0.4) is 0 Å². The monoisotopic (exact) mass is 231 g/mol. The minimum absolute atomic E-state index is 0.449. The zero-order chi connectivity index (χ0) is 12.4. The van der Waals surface area contributed by atoms with Gasteiger partial charge in [0.25, 0.3) is 0 Å². The van der Waals surface area contributed by atoms with Crippen molar-refractivity contribution in [3.8, 4) is 0 Å². The molecule has 1 aromatic heterocycles. The Balaban J connectivity index is 2.61. The third-order valence-corrected chi connectivity index (χ3v) is 3.05. The van der Waals surface area contributed by atoms with Gasteiger partial charge in [0.1, 0.15) is 5.82 Å². The smallest absolute Gasteiger partial charge is 0.110 e. The van der Waals surface area contributed by atoms with Crippen LogP contribution in [0.25, 0.3) is 11.0 Å². The Hall–Kier alpha value is -1.35. The Labute approximate surface area is 103 Å². The summed E-state index contributed by atoms with van der Waals surface area (Å²) in [6.07, 6.45) is 2.16. The molecule has 1 aromatic carbocycles. The van der Waals surface area contributed by atoms with Crippen LogP contribution in [0.4, 0.5) is 0 Å². The van der Waals surface area contributed by atoms with Crippen LogP contribution in [0.1, 0.15) is 44.6 Å². The molecular weight excluding hydrogens is 210 g/mol. The van der Waals surface area contributed by atoms with E-state index in [2.05, 4.69) is 43.5 Å². The number of imidazole rings is 1. The first-order chi connectivity index (χ1) is 8.17. The van der Waals surface area contributed by atoms with E-state index in [1.165, 1.54) is 11.3 Å². The van der Waals surface area contributed by atoms with Crippen LogP contribution >= 0.6 is 0 Å². The number of hydrogen-bond donors (Lipinski definition) is 1. The summed E-state index contributed by atoms with van der Waals surface area (Å²) in [6.45, 7) is 7.18. The first-order valence-electron chi connectivity index (χ1n) is 6.37. The average Bonchev–Trinajstić information content (AvgIpc) is 2.66. The van der Waals surface area contributed by atoms with Gasteiger partial charge in [-0.3, -0.25) is 0 Å². The minimum atomic E-state index is 0.449. The molecule has 2 N–H and O–H groups in total. The highest BCUT2D eigenvalue weighted by atomic mass is 15.1.